The summed E-state index contributed by atoms with van der Waals surface area (Å²) in [4.78, 5) is 28.9. The highest BCUT2D eigenvalue weighted by molar-refractivity contribution is 5.86. The summed E-state index contributed by atoms with van der Waals surface area (Å²) < 4.78 is 5.44. The first-order valence-corrected chi connectivity index (χ1v) is 9.49. The number of carbonyl (C=O) groups excluding carboxylic acids is 1. The van der Waals surface area contributed by atoms with E-state index in [1.54, 1.807) is 7.11 Å². The van der Waals surface area contributed by atoms with Crippen LogP contribution in [0.3, 0.4) is 0 Å². The molecule has 3 fully saturated rings. The van der Waals surface area contributed by atoms with Gasteiger partial charge in [-0.25, -0.2) is 0 Å². The van der Waals surface area contributed by atoms with Crippen molar-refractivity contribution in [3.8, 4) is 5.75 Å². The predicted molar refractivity (Wildman–Crippen MR) is 97.2 cm³/mol. The van der Waals surface area contributed by atoms with Gasteiger partial charge in [0.2, 0.25) is 5.91 Å². The van der Waals surface area contributed by atoms with Crippen LogP contribution in [-0.4, -0.2) is 55.2 Å². The number of carboxylic acids is 1. The summed E-state index contributed by atoms with van der Waals surface area (Å²) >= 11 is 0. The van der Waals surface area contributed by atoms with Crippen molar-refractivity contribution in [2.24, 2.45) is 23.7 Å². The van der Waals surface area contributed by atoms with Crippen molar-refractivity contribution in [1.82, 2.24) is 4.90 Å². The van der Waals surface area contributed by atoms with Crippen molar-refractivity contribution >= 4 is 17.6 Å². The zero-order valence-corrected chi connectivity index (χ0v) is 15.1. The first-order valence-electron chi connectivity index (χ1n) is 9.49. The van der Waals surface area contributed by atoms with E-state index in [-0.39, 0.29) is 23.7 Å². The van der Waals surface area contributed by atoms with Crippen LogP contribution in [0.4, 0.5) is 5.69 Å². The van der Waals surface area contributed by atoms with Crippen molar-refractivity contribution in [3.63, 3.8) is 0 Å². The third kappa shape index (κ3) is 2.81. The maximum absolute atomic E-state index is 13.1. The van der Waals surface area contributed by atoms with Crippen LogP contribution in [0.15, 0.2) is 24.3 Å². The fraction of sp³-hybridized carbons (Fsp3) is 0.600. The van der Waals surface area contributed by atoms with Gasteiger partial charge in [0.05, 0.1) is 24.6 Å². The highest BCUT2D eigenvalue weighted by atomic mass is 16.5. The van der Waals surface area contributed by atoms with Gasteiger partial charge in [0.15, 0.2) is 0 Å². The molecule has 1 amide bonds. The van der Waals surface area contributed by atoms with E-state index in [1.807, 2.05) is 29.2 Å². The van der Waals surface area contributed by atoms with Gasteiger partial charge in [-0.2, -0.15) is 0 Å². The van der Waals surface area contributed by atoms with E-state index in [0.717, 1.165) is 43.8 Å². The van der Waals surface area contributed by atoms with Gasteiger partial charge < -0.3 is 19.6 Å². The number of para-hydroxylation sites is 2. The molecule has 1 heterocycles. The number of rotatable bonds is 4. The Morgan fingerprint density at radius 3 is 2.35 bits per heavy atom. The van der Waals surface area contributed by atoms with Crippen molar-refractivity contribution in [2.75, 3.05) is 38.2 Å². The molecule has 0 aromatic heterocycles. The number of fused-ring (bicyclic) bond motifs is 2. The van der Waals surface area contributed by atoms with Crippen LogP contribution in [0.2, 0.25) is 0 Å². The van der Waals surface area contributed by atoms with Gasteiger partial charge in [-0.05, 0) is 43.2 Å². The molecule has 1 saturated heterocycles. The molecule has 140 valence electrons. The maximum Gasteiger partial charge on any atom is 0.307 e. The second-order valence-corrected chi connectivity index (χ2v) is 7.71. The Balaban J connectivity index is 1.43. The summed E-state index contributed by atoms with van der Waals surface area (Å²) in [6.45, 7) is 2.75. The van der Waals surface area contributed by atoms with Crippen LogP contribution in [0.1, 0.15) is 19.3 Å². The van der Waals surface area contributed by atoms with Gasteiger partial charge in [-0.3, -0.25) is 9.59 Å². The topological polar surface area (TPSA) is 70.1 Å². The van der Waals surface area contributed by atoms with Crippen molar-refractivity contribution < 1.29 is 19.4 Å². The smallest absolute Gasteiger partial charge is 0.307 e. The zero-order valence-electron chi connectivity index (χ0n) is 15.1. The number of carboxylic acid groups (broad SMARTS) is 1. The van der Waals surface area contributed by atoms with E-state index < -0.39 is 11.9 Å². The lowest BCUT2D eigenvalue weighted by atomic mass is 9.78. The van der Waals surface area contributed by atoms with Crippen LogP contribution in [0.5, 0.6) is 5.75 Å². The molecule has 4 unspecified atom stereocenters. The summed E-state index contributed by atoms with van der Waals surface area (Å²) in [6, 6.07) is 7.91. The van der Waals surface area contributed by atoms with Crippen molar-refractivity contribution in [3.05, 3.63) is 24.3 Å². The number of aliphatic carboxylic acids is 1. The Kier molecular flexibility index (Phi) is 4.51. The lowest BCUT2D eigenvalue weighted by Crippen LogP contribution is -2.52. The van der Waals surface area contributed by atoms with E-state index in [2.05, 4.69) is 4.90 Å². The number of piperazine rings is 1. The highest BCUT2D eigenvalue weighted by Gasteiger charge is 2.54. The van der Waals surface area contributed by atoms with E-state index in [4.69, 9.17) is 4.74 Å². The second-order valence-electron chi connectivity index (χ2n) is 7.71. The first kappa shape index (κ1) is 17.2. The standard InChI is InChI=1S/C20H26N2O4/c1-26-16-5-3-2-4-15(16)21-8-10-22(11-9-21)19(23)17-13-6-7-14(12-13)18(17)20(24)25/h2-5,13-14,17-18H,6-12H2,1H3,(H,24,25). The second kappa shape index (κ2) is 6.82. The van der Waals surface area contributed by atoms with E-state index in [1.165, 1.54) is 0 Å². The molecule has 1 aliphatic heterocycles. The Bertz CT molecular complexity index is 699. The number of hydrogen-bond acceptors (Lipinski definition) is 4. The molecule has 4 rings (SSSR count). The molecule has 1 N–H and O–H groups in total. The van der Waals surface area contributed by atoms with Gasteiger partial charge in [-0.1, -0.05) is 12.1 Å². The van der Waals surface area contributed by atoms with E-state index in [0.29, 0.717) is 13.1 Å². The van der Waals surface area contributed by atoms with Crippen molar-refractivity contribution in [2.45, 2.75) is 19.3 Å². The molecule has 1 aromatic carbocycles. The van der Waals surface area contributed by atoms with Crippen LogP contribution >= 0.6 is 0 Å². The van der Waals surface area contributed by atoms with Gasteiger partial charge >= 0.3 is 5.97 Å². The summed E-state index contributed by atoms with van der Waals surface area (Å²) in [5.41, 5.74) is 1.05. The molecule has 4 atom stereocenters. The fourth-order valence-electron chi connectivity index (χ4n) is 5.27. The molecule has 2 aliphatic carbocycles. The molecule has 3 aliphatic rings. The van der Waals surface area contributed by atoms with Gasteiger partial charge in [0, 0.05) is 26.2 Å². The summed E-state index contributed by atoms with van der Waals surface area (Å²) in [6.07, 6.45) is 2.88. The van der Waals surface area contributed by atoms with Gasteiger partial charge in [0.1, 0.15) is 5.75 Å². The quantitative estimate of drug-likeness (QED) is 0.892. The SMILES string of the molecule is COc1ccccc1N1CCN(C(=O)C2C3CCC(C3)C2C(=O)O)CC1. The lowest BCUT2D eigenvalue weighted by Gasteiger charge is -2.39. The fourth-order valence-corrected chi connectivity index (χ4v) is 5.27. The monoisotopic (exact) mass is 358 g/mol. The lowest BCUT2D eigenvalue weighted by molar-refractivity contribution is -0.153. The number of hydrogen-bond donors (Lipinski definition) is 1. The van der Waals surface area contributed by atoms with Crippen LogP contribution in [0, 0.1) is 23.7 Å². The summed E-state index contributed by atoms with van der Waals surface area (Å²) in [5.74, 6) is -0.224. The number of nitrogens with zero attached hydrogens (tertiary/aromatic N) is 2. The van der Waals surface area contributed by atoms with Crippen molar-refractivity contribution in [1.29, 1.82) is 0 Å². The number of amides is 1. The minimum atomic E-state index is -0.789. The summed E-state index contributed by atoms with van der Waals surface area (Å²) in [5, 5.41) is 9.61. The number of anilines is 1. The summed E-state index contributed by atoms with van der Waals surface area (Å²) in [7, 11) is 1.67. The minimum absolute atomic E-state index is 0.0595. The molecule has 6 heteroatoms. The molecular weight excluding hydrogens is 332 g/mol. The molecular formula is C20H26N2O4. The Hall–Kier alpha value is -2.24. The third-order valence-corrected chi connectivity index (χ3v) is 6.50. The predicted octanol–water partition coefficient (Wildman–Crippen LogP) is 2.09. The molecule has 26 heavy (non-hydrogen) atoms. The number of benzene rings is 1. The Morgan fingerprint density at radius 1 is 1.04 bits per heavy atom. The van der Waals surface area contributed by atoms with Crippen LogP contribution < -0.4 is 9.64 Å². The Morgan fingerprint density at radius 2 is 1.69 bits per heavy atom. The average Bonchev–Trinajstić information content (AvgIpc) is 3.29. The molecule has 2 bridgehead atoms. The third-order valence-electron chi connectivity index (χ3n) is 6.50. The maximum atomic E-state index is 13.1. The van der Waals surface area contributed by atoms with Crippen LogP contribution in [0.25, 0.3) is 0 Å². The molecule has 0 spiro atoms. The number of ether oxygens (including phenoxy) is 1. The number of carbonyl (C=O) groups is 2. The largest absolute Gasteiger partial charge is 0.495 e. The van der Waals surface area contributed by atoms with E-state index >= 15 is 0 Å². The van der Waals surface area contributed by atoms with Gasteiger partial charge in [-0.15, -0.1) is 0 Å². The number of methoxy groups -OCH3 is 1. The van der Waals surface area contributed by atoms with E-state index in [9.17, 15) is 14.7 Å². The zero-order chi connectivity index (χ0) is 18.3. The average molecular weight is 358 g/mol. The minimum Gasteiger partial charge on any atom is -0.495 e. The van der Waals surface area contributed by atoms with Gasteiger partial charge in [0.25, 0.3) is 0 Å². The van der Waals surface area contributed by atoms with Crippen LogP contribution in [-0.2, 0) is 9.59 Å². The Labute approximate surface area is 153 Å². The first-order chi connectivity index (χ1) is 12.6. The molecule has 0 radical (unpaired) electrons. The highest BCUT2D eigenvalue weighted by Crippen LogP contribution is 2.53. The normalized spacial score (nSPS) is 30.5. The molecule has 6 nitrogen and oxygen atoms in total. The molecule has 1 aromatic rings. The molecule has 2 saturated carbocycles.